The molecule has 0 N–H and O–H groups in total. The Morgan fingerprint density at radius 3 is 2.41 bits per heavy atom. The van der Waals surface area contributed by atoms with Crippen LogP contribution in [0.4, 0.5) is 10.3 Å². The van der Waals surface area contributed by atoms with Crippen LogP contribution in [0, 0.1) is 11.2 Å². The molecular formula is C28H33FN6O4. The first kappa shape index (κ1) is 25.8. The second-order valence-corrected chi connectivity index (χ2v) is 10.9. The van der Waals surface area contributed by atoms with Crippen molar-refractivity contribution in [1.29, 1.82) is 0 Å². The van der Waals surface area contributed by atoms with Gasteiger partial charge in [-0.3, -0.25) is 4.79 Å². The van der Waals surface area contributed by atoms with Gasteiger partial charge >= 0.3 is 0 Å². The number of nitrogens with zero attached hydrogens (tertiary/aromatic N) is 6. The number of carbonyl (C=O) groups is 1. The number of anilines is 1. The molecule has 10 nitrogen and oxygen atoms in total. The predicted octanol–water partition coefficient (Wildman–Crippen LogP) is 3.36. The molecule has 2 aromatic heterocycles. The fourth-order valence-corrected chi connectivity index (χ4v) is 4.95. The molecule has 3 fully saturated rings. The van der Waals surface area contributed by atoms with E-state index in [4.69, 9.17) is 23.9 Å². The summed E-state index contributed by atoms with van der Waals surface area (Å²) in [7, 11) is 4.03. The third-order valence-electron chi connectivity index (χ3n) is 7.66. The maximum atomic E-state index is 13.7. The summed E-state index contributed by atoms with van der Waals surface area (Å²) in [6.07, 6.45) is 3.03. The molecule has 1 amide bonds. The van der Waals surface area contributed by atoms with Crippen molar-refractivity contribution in [3.05, 3.63) is 48.2 Å². The molecule has 4 heterocycles. The second kappa shape index (κ2) is 10.3. The minimum Gasteiger partial charge on any atom is -0.433 e. The van der Waals surface area contributed by atoms with Crippen molar-refractivity contribution in [3.8, 4) is 22.7 Å². The number of oxazole rings is 1. The molecule has 0 atom stereocenters. The quantitative estimate of drug-likeness (QED) is 0.470. The van der Waals surface area contributed by atoms with Crippen molar-refractivity contribution >= 4 is 11.9 Å². The zero-order valence-corrected chi connectivity index (χ0v) is 22.5. The van der Waals surface area contributed by atoms with Crippen LogP contribution in [0.5, 0.6) is 0 Å². The largest absolute Gasteiger partial charge is 0.433 e. The van der Waals surface area contributed by atoms with Gasteiger partial charge in [-0.15, -0.1) is 0 Å². The smallest absolute Gasteiger partial charge is 0.253 e. The summed E-state index contributed by atoms with van der Waals surface area (Å²) in [6, 6.07) is 8.25. The maximum absolute atomic E-state index is 13.7. The Balaban J connectivity index is 1.26. The fourth-order valence-electron chi connectivity index (χ4n) is 4.95. The monoisotopic (exact) mass is 536 g/mol. The Morgan fingerprint density at radius 1 is 1.05 bits per heavy atom. The number of piperazine rings is 1. The summed E-state index contributed by atoms with van der Waals surface area (Å²) in [5, 5.41) is 0. The molecule has 206 valence electrons. The summed E-state index contributed by atoms with van der Waals surface area (Å²) in [5.74, 6) is 0.916. The number of hydrogen-bond acceptors (Lipinski definition) is 9. The minimum atomic E-state index is -0.887. The fraction of sp³-hybridized carbons (Fsp3) is 0.500. The molecule has 0 radical (unpaired) electrons. The molecule has 11 heteroatoms. The Bertz CT molecular complexity index is 1330. The highest BCUT2D eigenvalue weighted by molar-refractivity contribution is 5.83. The Morgan fingerprint density at radius 2 is 1.74 bits per heavy atom. The van der Waals surface area contributed by atoms with Crippen molar-refractivity contribution in [1.82, 2.24) is 24.8 Å². The third-order valence-corrected chi connectivity index (χ3v) is 7.66. The van der Waals surface area contributed by atoms with Crippen molar-refractivity contribution in [2.45, 2.75) is 32.1 Å². The van der Waals surface area contributed by atoms with Gasteiger partial charge in [0.25, 0.3) is 5.89 Å². The molecule has 0 unspecified atom stereocenters. The molecule has 1 aromatic carbocycles. The van der Waals surface area contributed by atoms with Gasteiger partial charge in [-0.05, 0) is 57.1 Å². The van der Waals surface area contributed by atoms with Crippen LogP contribution < -0.4 is 4.90 Å². The number of benzene rings is 1. The lowest BCUT2D eigenvalue weighted by molar-refractivity contribution is -0.239. The van der Waals surface area contributed by atoms with Crippen LogP contribution in [-0.2, 0) is 14.3 Å². The topological polar surface area (TPSA) is 97.1 Å². The highest BCUT2D eigenvalue weighted by Crippen LogP contribution is 2.39. The van der Waals surface area contributed by atoms with Gasteiger partial charge in [0.2, 0.25) is 18.1 Å². The molecule has 1 saturated carbocycles. The molecule has 3 aliphatic rings. The third kappa shape index (κ3) is 5.26. The lowest BCUT2D eigenvalue weighted by atomic mass is 9.90. The summed E-state index contributed by atoms with van der Waals surface area (Å²) in [6.45, 7) is 5.29. The number of carbonyl (C=O) groups excluding carboxylic acids is 1. The van der Waals surface area contributed by atoms with E-state index in [0.29, 0.717) is 47.8 Å². The van der Waals surface area contributed by atoms with Gasteiger partial charge in [0.05, 0.1) is 18.6 Å². The van der Waals surface area contributed by atoms with E-state index >= 15 is 0 Å². The number of amides is 1. The van der Waals surface area contributed by atoms with E-state index in [1.54, 1.807) is 24.4 Å². The number of halogens is 1. The Kier molecular flexibility index (Phi) is 6.82. The van der Waals surface area contributed by atoms with E-state index in [-0.39, 0.29) is 30.8 Å². The molecule has 3 aromatic rings. The molecule has 0 spiro atoms. The van der Waals surface area contributed by atoms with Gasteiger partial charge in [-0.2, -0.15) is 0 Å². The Hall–Kier alpha value is -3.41. The first-order valence-corrected chi connectivity index (χ1v) is 13.3. The lowest BCUT2D eigenvalue weighted by Gasteiger charge is -2.41. The second-order valence-electron chi connectivity index (χ2n) is 10.9. The average Bonchev–Trinajstić information content (AvgIpc) is 3.72. The normalized spacial score (nSPS) is 24.1. The van der Waals surface area contributed by atoms with Crippen molar-refractivity contribution in [3.63, 3.8) is 0 Å². The summed E-state index contributed by atoms with van der Waals surface area (Å²) < 4.78 is 32.0. The average molecular weight is 537 g/mol. The SMILES string of the molecule is CN1CCN(C(=O)C2(C)COC(c3nc(-c4ccc(F)cc4)c(-c4ccnc(N(C)C5CC5)n4)o3)OC2)CC1. The highest BCUT2D eigenvalue weighted by atomic mass is 19.1. The molecular weight excluding hydrogens is 503 g/mol. The van der Waals surface area contributed by atoms with Gasteiger partial charge in [0.15, 0.2) is 5.76 Å². The summed E-state index contributed by atoms with van der Waals surface area (Å²) in [5.41, 5.74) is 0.925. The van der Waals surface area contributed by atoms with E-state index < -0.39 is 11.7 Å². The first-order chi connectivity index (χ1) is 18.8. The highest BCUT2D eigenvalue weighted by Gasteiger charge is 2.44. The van der Waals surface area contributed by atoms with Gasteiger partial charge < -0.3 is 28.6 Å². The van der Waals surface area contributed by atoms with Gasteiger partial charge in [0, 0.05) is 51.0 Å². The number of likely N-dealkylation sites (N-methyl/N-ethyl adjacent to an activating group) is 1. The maximum Gasteiger partial charge on any atom is 0.253 e. The molecule has 6 rings (SSSR count). The van der Waals surface area contributed by atoms with Crippen LogP contribution >= 0.6 is 0 Å². The standard InChI is InChI=1S/C28H33FN6O4/c1-28(26(36)35-14-12-33(2)13-15-35)16-37-25(38-17-28)24-32-22(18-4-6-19(29)7-5-18)23(39-24)21-10-11-30-27(31-21)34(3)20-8-9-20/h4-7,10-11,20,25H,8-9,12-17H2,1-3H3. The van der Waals surface area contributed by atoms with Crippen LogP contribution in [-0.4, -0.2) is 90.2 Å². The van der Waals surface area contributed by atoms with Gasteiger partial charge in [-0.1, -0.05) is 0 Å². The number of ether oxygens (including phenoxy) is 2. The zero-order chi connectivity index (χ0) is 27.1. The van der Waals surface area contributed by atoms with E-state index in [9.17, 15) is 9.18 Å². The number of aromatic nitrogens is 3. The van der Waals surface area contributed by atoms with E-state index in [2.05, 4.69) is 21.8 Å². The van der Waals surface area contributed by atoms with Gasteiger partial charge in [0.1, 0.15) is 17.2 Å². The molecule has 39 heavy (non-hydrogen) atoms. The number of rotatable bonds is 6. The molecule has 2 saturated heterocycles. The Labute approximate surface area is 226 Å². The number of hydrogen-bond donors (Lipinski definition) is 0. The van der Waals surface area contributed by atoms with E-state index in [0.717, 1.165) is 25.9 Å². The van der Waals surface area contributed by atoms with Crippen LogP contribution in [0.25, 0.3) is 22.7 Å². The van der Waals surface area contributed by atoms with Crippen LogP contribution in [0.2, 0.25) is 0 Å². The van der Waals surface area contributed by atoms with Crippen molar-refractivity contribution in [2.24, 2.45) is 5.41 Å². The zero-order valence-electron chi connectivity index (χ0n) is 22.5. The minimum absolute atomic E-state index is 0.0300. The molecule has 0 bridgehead atoms. The van der Waals surface area contributed by atoms with E-state index in [1.165, 1.54) is 12.1 Å². The van der Waals surface area contributed by atoms with Crippen molar-refractivity contribution in [2.75, 3.05) is 58.4 Å². The predicted molar refractivity (Wildman–Crippen MR) is 141 cm³/mol. The first-order valence-electron chi connectivity index (χ1n) is 13.3. The van der Waals surface area contributed by atoms with E-state index in [1.807, 2.05) is 18.9 Å². The summed E-state index contributed by atoms with van der Waals surface area (Å²) >= 11 is 0. The van der Waals surface area contributed by atoms with Gasteiger partial charge in [-0.25, -0.2) is 19.3 Å². The van der Waals surface area contributed by atoms with Crippen LogP contribution in [0.15, 0.2) is 40.9 Å². The van der Waals surface area contributed by atoms with Crippen molar-refractivity contribution < 1.29 is 23.1 Å². The van der Waals surface area contributed by atoms with Crippen LogP contribution in [0.3, 0.4) is 0 Å². The molecule has 2 aliphatic heterocycles. The summed E-state index contributed by atoms with van der Waals surface area (Å²) in [4.78, 5) is 33.3. The molecule has 1 aliphatic carbocycles. The lowest BCUT2D eigenvalue weighted by Crippen LogP contribution is -2.55. The van der Waals surface area contributed by atoms with Crippen LogP contribution in [0.1, 0.15) is 31.9 Å².